The zero-order valence-corrected chi connectivity index (χ0v) is 14.8. The number of carbonyl (C=O) groups is 1. The maximum Gasteiger partial charge on any atom is 0.237 e. The van der Waals surface area contributed by atoms with E-state index in [1.807, 2.05) is 11.8 Å². The molecule has 0 spiro atoms. The molecule has 2 saturated heterocycles. The molecule has 2 unspecified atom stereocenters. The first kappa shape index (κ1) is 18.1. The van der Waals surface area contributed by atoms with Crippen LogP contribution in [0.25, 0.3) is 0 Å². The third kappa shape index (κ3) is 4.48. The number of hydrogen-bond donors (Lipinski definition) is 1. The van der Waals surface area contributed by atoms with Crippen LogP contribution in [0.4, 0.5) is 14.5 Å². The third-order valence-electron chi connectivity index (χ3n) is 5.35. The Hall–Kier alpha value is -1.69. The van der Waals surface area contributed by atoms with Crippen molar-refractivity contribution in [1.29, 1.82) is 0 Å². The van der Waals surface area contributed by atoms with Crippen molar-refractivity contribution >= 4 is 11.6 Å². The highest BCUT2D eigenvalue weighted by Gasteiger charge is 2.29. The Labute approximate surface area is 148 Å². The largest absolute Gasteiger partial charge is 0.367 e. The van der Waals surface area contributed by atoms with E-state index in [0.29, 0.717) is 18.8 Å². The topological polar surface area (TPSA) is 35.6 Å². The summed E-state index contributed by atoms with van der Waals surface area (Å²) in [7, 11) is 0. The van der Waals surface area contributed by atoms with Gasteiger partial charge >= 0.3 is 0 Å². The van der Waals surface area contributed by atoms with Gasteiger partial charge in [0.15, 0.2) is 0 Å². The van der Waals surface area contributed by atoms with Crippen molar-refractivity contribution in [3.8, 4) is 0 Å². The van der Waals surface area contributed by atoms with Gasteiger partial charge in [-0.2, -0.15) is 0 Å². The minimum Gasteiger partial charge on any atom is -0.367 e. The fourth-order valence-electron chi connectivity index (χ4n) is 3.80. The lowest BCUT2D eigenvalue weighted by molar-refractivity contribution is -0.126. The molecule has 1 aromatic rings. The molecule has 2 atom stereocenters. The number of nitrogens with zero attached hydrogens (tertiary/aromatic N) is 2. The summed E-state index contributed by atoms with van der Waals surface area (Å²) >= 11 is 0. The number of nitrogens with one attached hydrogen (secondary N) is 1. The lowest BCUT2D eigenvalue weighted by Crippen LogP contribution is -2.49. The van der Waals surface area contributed by atoms with E-state index in [0.717, 1.165) is 38.4 Å². The smallest absolute Gasteiger partial charge is 0.237 e. The summed E-state index contributed by atoms with van der Waals surface area (Å²) < 4.78 is 27.0. The normalized spacial score (nSPS) is 23.3. The number of anilines is 1. The van der Waals surface area contributed by atoms with Gasteiger partial charge in [0.2, 0.25) is 5.91 Å². The second-order valence-corrected chi connectivity index (χ2v) is 7.16. The van der Waals surface area contributed by atoms with Gasteiger partial charge in [-0.05, 0) is 51.4 Å². The second-order valence-electron chi connectivity index (χ2n) is 7.16. The number of rotatable bonds is 4. The summed E-state index contributed by atoms with van der Waals surface area (Å²) in [6.07, 6.45) is 5.56. The molecule has 0 bridgehead atoms. The first-order chi connectivity index (χ1) is 12.0. The van der Waals surface area contributed by atoms with E-state index in [1.54, 1.807) is 0 Å². The average molecular weight is 351 g/mol. The van der Waals surface area contributed by atoms with Crippen LogP contribution >= 0.6 is 0 Å². The lowest BCUT2D eigenvalue weighted by Gasteiger charge is -2.28. The van der Waals surface area contributed by atoms with Crippen molar-refractivity contribution in [2.75, 3.05) is 31.1 Å². The maximum absolute atomic E-state index is 13.9. The molecule has 1 amide bonds. The summed E-state index contributed by atoms with van der Waals surface area (Å²) in [5.41, 5.74) is 0.402. The Morgan fingerprint density at radius 1 is 1.16 bits per heavy atom. The second kappa shape index (κ2) is 8.13. The predicted octanol–water partition coefficient (Wildman–Crippen LogP) is 2.92. The summed E-state index contributed by atoms with van der Waals surface area (Å²) in [5, 5.41) is 3.11. The van der Waals surface area contributed by atoms with Crippen LogP contribution in [0.2, 0.25) is 0 Å². The maximum atomic E-state index is 13.9. The van der Waals surface area contributed by atoms with Crippen LogP contribution in [0.5, 0.6) is 0 Å². The average Bonchev–Trinajstić information content (AvgIpc) is 2.87. The highest BCUT2D eigenvalue weighted by molar-refractivity contribution is 5.81. The number of carbonyl (C=O) groups excluding carboxylic acids is 1. The monoisotopic (exact) mass is 351 g/mol. The Balaban J connectivity index is 1.54. The van der Waals surface area contributed by atoms with E-state index in [4.69, 9.17) is 0 Å². The van der Waals surface area contributed by atoms with E-state index in [2.05, 4.69) is 10.2 Å². The van der Waals surface area contributed by atoms with Gasteiger partial charge in [0.05, 0.1) is 11.7 Å². The van der Waals surface area contributed by atoms with Gasteiger partial charge < -0.3 is 10.2 Å². The Morgan fingerprint density at radius 3 is 2.56 bits per heavy atom. The molecular formula is C19H27F2N3O. The SMILES string of the molecule is CC(C(=O)NC1CCN(c2ccc(F)cc2F)C1)N1CCCCCC1. The molecule has 0 saturated carbocycles. The summed E-state index contributed by atoms with van der Waals surface area (Å²) in [5.74, 6) is -1.07. The van der Waals surface area contributed by atoms with E-state index in [9.17, 15) is 13.6 Å². The number of halogens is 2. The summed E-state index contributed by atoms with van der Waals surface area (Å²) in [6.45, 7) is 5.14. The molecule has 1 N–H and O–H groups in total. The first-order valence-corrected chi connectivity index (χ1v) is 9.29. The molecule has 0 aromatic heterocycles. The lowest BCUT2D eigenvalue weighted by atomic mass is 10.2. The van der Waals surface area contributed by atoms with Crippen LogP contribution in [0, 0.1) is 11.6 Å². The molecule has 0 aliphatic carbocycles. The third-order valence-corrected chi connectivity index (χ3v) is 5.35. The molecule has 2 aliphatic rings. The van der Waals surface area contributed by atoms with E-state index < -0.39 is 11.6 Å². The van der Waals surface area contributed by atoms with E-state index >= 15 is 0 Å². The van der Waals surface area contributed by atoms with E-state index in [1.165, 1.54) is 25.0 Å². The Morgan fingerprint density at radius 2 is 1.88 bits per heavy atom. The van der Waals surface area contributed by atoms with Crippen LogP contribution in [0.3, 0.4) is 0 Å². The molecular weight excluding hydrogens is 324 g/mol. The van der Waals surface area contributed by atoms with Crippen molar-refractivity contribution in [3.05, 3.63) is 29.8 Å². The molecule has 138 valence electrons. The van der Waals surface area contributed by atoms with Crippen molar-refractivity contribution in [2.45, 2.75) is 51.1 Å². The van der Waals surface area contributed by atoms with Crippen LogP contribution in [-0.2, 0) is 4.79 Å². The van der Waals surface area contributed by atoms with Gasteiger partial charge in [0, 0.05) is 25.2 Å². The number of likely N-dealkylation sites (tertiary alicyclic amines) is 1. The Bertz CT molecular complexity index is 602. The zero-order chi connectivity index (χ0) is 17.8. The molecule has 2 aliphatic heterocycles. The quantitative estimate of drug-likeness (QED) is 0.906. The molecule has 25 heavy (non-hydrogen) atoms. The highest BCUT2D eigenvalue weighted by atomic mass is 19.1. The Kier molecular flexibility index (Phi) is 5.89. The van der Waals surface area contributed by atoms with Crippen LogP contribution < -0.4 is 10.2 Å². The molecule has 6 heteroatoms. The van der Waals surface area contributed by atoms with Crippen LogP contribution in [-0.4, -0.2) is 49.1 Å². The number of benzene rings is 1. The fraction of sp³-hybridized carbons (Fsp3) is 0.632. The van der Waals surface area contributed by atoms with Gasteiger partial charge in [-0.3, -0.25) is 9.69 Å². The van der Waals surface area contributed by atoms with Crippen molar-refractivity contribution < 1.29 is 13.6 Å². The highest BCUT2D eigenvalue weighted by Crippen LogP contribution is 2.24. The fourth-order valence-corrected chi connectivity index (χ4v) is 3.80. The molecule has 2 heterocycles. The standard InChI is InChI=1S/C19H27F2N3O/c1-14(23-9-4-2-3-5-10-23)19(25)22-16-8-11-24(13-16)18-7-6-15(20)12-17(18)21/h6-7,12,14,16H,2-5,8-11,13H2,1H3,(H,22,25). The molecule has 2 fully saturated rings. The first-order valence-electron chi connectivity index (χ1n) is 9.29. The van der Waals surface area contributed by atoms with Gasteiger partial charge in [-0.15, -0.1) is 0 Å². The predicted molar refractivity (Wildman–Crippen MR) is 94.6 cm³/mol. The van der Waals surface area contributed by atoms with Crippen molar-refractivity contribution in [2.24, 2.45) is 0 Å². The van der Waals surface area contributed by atoms with Gasteiger partial charge in [0.25, 0.3) is 0 Å². The molecule has 1 aromatic carbocycles. The zero-order valence-electron chi connectivity index (χ0n) is 14.8. The minimum atomic E-state index is -0.573. The summed E-state index contributed by atoms with van der Waals surface area (Å²) in [4.78, 5) is 16.7. The van der Waals surface area contributed by atoms with Crippen LogP contribution in [0.1, 0.15) is 39.0 Å². The molecule has 3 rings (SSSR count). The van der Waals surface area contributed by atoms with Gasteiger partial charge in [-0.25, -0.2) is 8.78 Å². The van der Waals surface area contributed by atoms with Gasteiger partial charge in [-0.1, -0.05) is 12.8 Å². The van der Waals surface area contributed by atoms with Crippen molar-refractivity contribution in [3.63, 3.8) is 0 Å². The van der Waals surface area contributed by atoms with Crippen LogP contribution in [0.15, 0.2) is 18.2 Å². The molecule has 0 radical (unpaired) electrons. The van der Waals surface area contributed by atoms with Crippen molar-refractivity contribution in [1.82, 2.24) is 10.2 Å². The summed E-state index contributed by atoms with van der Waals surface area (Å²) in [6, 6.07) is 3.52. The molecule has 4 nitrogen and oxygen atoms in total. The van der Waals surface area contributed by atoms with E-state index in [-0.39, 0.29) is 18.0 Å². The number of hydrogen-bond acceptors (Lipinski definition) is 3. The minimum absolute atomic E-state index is 0.00591. The number of amides is 1. The van der Waals surface area contributed by atoms with Gasteiger partial charge in [0.1, 0.15) is 11.6 Å².